The number of hydrogen-bond donors (Lipinski definition) is 0. The number of allylic oxidation sites excluding steroid dienone is 1. The van der Waals surface area contributed by atoms with Crippen LogP contribution >= 0.6 is 23.1 Å². The van der Waals surface area contributed by atoms with E-state index in [2.05, 4.69) is 13.5 Å². The number of thioether (sulfide) groups is 1. The Hall–Kier alpha value is -1.60. The fourth-order valence-corrected chi connectivity index (χ4v) is 6.32. The van der Waals surface area contributed by atoms with Crippen molar-refractivity contribution in [3.8, 4) is 0 Å². The molecule has 4 rings (SSSR count). The molecule has 0 unspecified atom stereocenters. The van der Waals surface area contributed by atoms with E-state index in [-0.39, 0.29) is 11.5 Å². The van der Waals surface area contributed by atoms with Crippen molar-refractivity contribution in [1.29, 1.82) is 0 Å². The van der Waals surface area contributed by atoms with Crippen LogP contribution < -0.4 is 5.56 Å². The first-order chi connectivity index (χ1) is 13.1. The summed E-state index contributed by atoms with van der Waals surface area (Å²) in [6.45, 7) is 8.17. The zero-order valence-electron chi connectivity index (χ0n) is 15.7. The summed E-state index contributed by atoms with van der Waals surface area (Å²) in [7, 11) is 0. The van der Waals surface area contributed by atoms with Gasteiger partial charge in [-0.1, -0.05) is 24.8 Å². The highest BCUT2D eigenvalue weighted by atomic mass is 32.2. The molecule has 1 amide bonds. The van der Waals surface area contributed by atoms with Gasteiger partial charge in [0.05, 0.1) is 11.1 Å². The number of fused-ring (bicyclic) bond motifs is 3. The molecule has 0 radical (unpaired) electrons. The topological polar surface area (TPSA) is 55.2 Å². The number of aryl methyl sites for hydroxylation is 1. The highest BCUT2D eigenvalue weighted by molar-refractivity contribution is 7.99. The largest absolute Gasteiger partial charge is 0.342 e. The van der Waals surface area contributed by atoms with Crippen LogP contribution in [0, 0.1) is 5.92 Å². The number of aromatic nitrogens is 2. The van der Waals surface area contributed by atoms with Gasteiger partial charge in [0.2, 0.25) is 5.91 Å². The van der Waals surface area contributed by atoms with Gasteiger partial charge in [0.15, 0.2) is 5.16 Å². The van der Waals surface area contributed by atoms with E-state index in [9.17, 15) is 9.59 Å². The second-order valence-electron chi connectivity index (χ2n) is 7.51. The second kappa shape index (κ2) is 7.80. The number of carbonyl (C=O) groups excluding carboxylic acids is 1. The van der Waals surface area contributed by atoms with Gasteiger partial charge in [-0.3, -0.25) is 14.2 Å². The van der Waals surface area contributed by atoms with E-state index in [4.69, 9.17) is 4.98 Å². The van der Waals surface area contributed by atoms with Gasteiger partial charge in [0, 0.05) is 24.5 Å². The number of thiophene rings is 1. The fourth-order valence-electron chi connectivity index (χ4n) is 3.99. The van der Waals surface area contributed by atoms with E-state index in [1.54, 1.807) is 22.0 Å². The Kier molecular flexibility index (Phi) is 5.41. The van der Waals surface area contributed by atoms with Crippen molar-refractivity contribution in [2.45, 2.75) is 50.7 Å². The lowest BCUT2D eigenvalue weighted by Crippen LogP contribution is -2.30. The van der Waals surface area contributed by atoms with E-state index in [0.717, 1.165) is 55.4 Å². The first-order valence-corrected chi connectivity index (χ1v) is 11.4. The predicted octanol–water partition coefficient (Wildman–Crippen LogP) is 3.48. The third-order valence-electron chi connectivity index (χ3n) is 5.48. The number of carbonyl (C=O) groups is 1. The normalized spacial score (nSPS) is 19.4. The number of nitrogens with zero attached hydrogens (tertiary/aromatic N) is 3. The van der Waals surface area contributed by atoms with Crippen LogP contribution in [0.3, 0.4) is 0 Å². The van der Waals surface area contributed by atoms with Gasteiger partial charge in [-0.2, -0.15) is 0 Å². The minimum atomic E-state index is 0.0167. The molecule has 2 aromatic rings. The van der Waals surface area contributed by atoms with Crippen LogP contribution in [-0.4, -0.2) is 39.2 Å². The molecule has 2 aliphatic rings. The molecule has 5 nitrogen and oxygen atoms in total. The van der Waals surface area contributed by atoms with Gasteiger partial charge >= 0.3 is 0 Å². The van der Waals surface area contributed by atoms with Crippen LogP contribution in [0.25, 0.3) is 10.2 Å². The molecule has 1 fully saturated rings. The maximum Gasteiger partial charge on any atom is 0.263 e. The first-order valence-electron chi connectivity index (χ1n) is 9.65. The molecule has 27 heavy (non-hydrogen) atoms. The molecule has 0 N–H and O–H groups in total. The molecule has 0 bridgehead atoms. The smallest absolute Gasteiger partial charge is 0.263 e. The van der Waals surface area contributed by atoms with E-state index >= 15 is 0 Å². The van der Waals surface area contributed by atoms with Crippen molar-refractivity contribution in [2.75, 3.05) is 18.8 Å². The Morgan fingerprint density at radius 2 is 2.19 bits per heavy atom. The average Bonchev–Trinajstić information content (AvgIpc) is 3.29. The number of hydrogen-bond acceptors (Lipinski definition) is 5. The van der Waals surface area contributed by atoms with E-state index in [1.165, 1.54) is 22.2 Å². The van der Waals surface area contributed by atoms with Gasteiger partial charge in [-0.25, -0.2) is 4.98 Å². The predicted molar refractivity (Wildman–Crippen MR) is 112 cm³/mol. The quantitative estimate of drug-likeness (QED) is 0.436. The van der Waals surface area contributed by atoms with Crippen molar-refractivity contribution < 1.29 is 4.79 Å². The Balaban J connectivity index is 1.69. The lowest BCUT2D eigenvalue weighted by Gasteiger charge is -2.18. The van der Waals surface area contributed by atoms with Crippen molar-refractivity contribution in [3.05, 3.63) is 33.4 Å². The minimum Gasteiger partial charge on any atom is -0.342 e. The van der Waals surface area contributed by atoms with Crippen LogP contribution in [0.15, 0.2) is 22.6 Å². The van der Waals surface area contributed by atoms with Crippen LogP contribution in [0.5, 0.6) is 0 Å². The van der Waals surface area contributed by atoms with Gasteiger partial charge < -0.3 is 4.90 Å². The summed E-state index contributed by atoms with van der Waals surface area (Å²) in [6.07, 6.45) is 7.01. The SMILES string of the molecule is C=CCn1c(SCC(=O)N2CCCC2)nc2sc3c(c2c1=O)CC[C@H](C)C3. The molecule has 2 aromatic heterocycles. The third-order valence-corrected chi connectivity index (χ3v) is 7.58. The zero-order valence-corrected chi connectivity index (χ0v) is 17.3. The highest BCUT2D eigenvalue weighted by Gasteiger charge is 2.25. The molecular weight excluding hydrogens is 378 g/mol. The molecule has 1 atom stereocenters. The molecular formula is C20H25N3O2S2. The molecule has 144 valence electrons. The standard InChI is InChI=1S/C20H25N3O2S2/c1-3-8-23-19(25)17-14-7-6-13(2)11-15(14)27-18(17)21-20(23)26-12-16(24)22-9-4-5-10-22/h3,13H,1,4-12H2,2H3/t13-/m0/s1. The average molecular weight is 404 g/mol. The van der Waals surface area contributed by atoms with Crippen molar-refractivity contribution in [3.63, 3.8) is 0 Å². The zero-order chi connectivity index (χ0) is 19.0. The Morgan fingerprint density at radius 1 is 1.41 bits per heavy atom. The second-order valence-corrected chi connectivity index (χ2v) is 9.53. The first kappa shape index (κ1) is 18.7. The van der Waals surface area contributed by atoms with Crippen LogP contribution in [0.2, 0.25) is 0 Å². The Labute approximate surface area is 167 Å². The third kappa shape index (κ3) is 3.59. The molecule has 0 saturated carbocycles. The highest BCUT2D eigenvalue weighted by Crippen LogP contribution is 2.36. The van der Waals surface area contributed by atoms with Gasteiger partial charge in [-0.15, -0.1) is 17.9 Å². The Bertz CT molecular complexity index is 941. The number of amides is 1. The van der Waals surface area contributed by atoms with Gasteiger partial charge in [-0.05, 0) is 43.6 Å². The summed E-state index contributed by atoms with van der Waals surface area (Å²) in [5.74, 6) is 1.13. The fraction of sp³-hybridized carbons (Fsp3) is 0.550. The van der Waals surface area contributed by atoms with Crippen molar-refractivity contribution >= 4 is 39.2 Å². The van der Waals surface area contributed by atoms with Crippen LogP contribution in [-0.2, 0) is 24.2 Å². The number of rotatable bonds is 5. The molecule has 3 heterocycles. The van der Waals surface area contributed by atoms with E-state index < -0.39 is 0 Å². The summed E-state index contributed by atoms with van der Waals surface area (Å²) in [5, 5.41) is 1.42. The summed E-state index contributed by atoms with van der Waals surface area (Å²) < 4.78 is 1.68. The molecule has 0 spiro atoms. The molecule has 7 heteroatoms. The summed E-state index contributed by atoms with van der Waals surface area (Å²) in [5.41, 5.74) is 1.22. The maximum atomic E-state index is 13.2. The lowest BCUT2D eigenvalue weighted by atomic mass is 9.89. The molecule has 1 saturated heterocycles. The maximum absolute atomic E-state index is 13.2. The summed E-state index contributed by atoms with van der Waals surface area (Å²) in [6, 6.07) is 0. The monoisotopic (exact) mass is 403 g/mol. The Morgan fingerprint density at radius 3 is 2.93 bits per heavy atom. The molecule has 1 aliphatic heterocycles. The summed E-state index contributed by atoms with van der Waals surface area (Å²) >= 11 is 3.04. The van der Waals surface area contributed by atoms with Crippen LogP contribution in [0.4, 0.5) is 0 Å². The van der Waals surface area contributed by atoms with Crippen molar-refractivity contribution in [2.24, 2.45) is 5.92 Å². The molecule has 0 aromatic carbocycles. The summed E-state index contributed by atoms with van der Waals surface area (Å²) in [4.78, 5) is 34.5. The minimum absolute atomic E-state index is 0.0167. The molecule has 1 aliphatic carbocycles. The van der Waals surface area contributed by atoms with Crippen molar-refractivity contribution in [1.82, 2.24) is 14.5 Å². The van der Waals surface area contributed by atoms with Gasteiger partial charge in [0.25, 0.3) is 5.56 Å². The van der Waals surface area contributed by atoms with Gasteiger partial charge in [0.1, 0.15) is 4.83 Å². The van der Waals surface area contributed by atoms with E-state index in [1.807, 2.05) is 4.90 Å². The number of likely N-dealkylation sites (tertiary alicyclic amines) is 1. The van der Waals surface area contributed by atoms with E-state index in [0.29, 0.717) is 23.4 Å². The lowest BCUT2D eigenvalue weighted by molar-refractivity contribution is -0.127. The van der Waals surface area contributed by atoms with Crippen LogP contribution in [0.1, 0.15) is 36.6 Å².